The van der Waals surface area contributed by atoms with Gasteiger partial charge in [0.05, 0.1) is 12.2 Å². The van der Waals surface area contributed by atoms with Gasteiger partial charge in [0.25, 0.3) is 0 Å². The fraction of sp³-hybridized carbons (Fsp3) is 0.417. The summed E-state index contributed by atoms with van der Waals surface area (Å²) in [6.45, 7) is 0. The summed E-state index contributed by atoms with van der Waals surface area (Å²) in [6, 6.07) is 4.45. The van der Waals surface area contributed by atoms with Crippen LogP contribution in [0.2, 0.25) is 0 Å². The van der Waals surface area contributed by atoms with Crippen LogP contribution < -0.4 is 5.43 Å². The topological polar surface area (TPSA) is 34.8 Å². The first kappa shape index (κ1) is 9.51. The van der Waals surface area contributed by atoms with Crippen LogP contribution in [0.25, 0.3) is 0 Å². The molecule has 1 atom stereocenters. The summed E-state index contributed by atoms with van der Waals surface area (Å²) in [7, 11) is 2.02. The third-order valence-electron chi connectivity index (χ3n) is 3.29. The molecule has 0 aromatic carbocycles. The Morgan fingerprint density at radius 2 is 2.19 bits per heavy atom. The Balaban J connectivity index is 1.87. The van der Waals surface area contributed by atoms with Crippen molar-refractivity contribution in [2.45, 2.75) is 25.3 Å². The minimum absolute atomic E-state index is 0.393. The summed E-state index contributed by atoms with van der Waals surface area (Å²) in [5.41, 5.74) is 6.21. The fourth-order valence-corrected chi connectivity index (χ4v) is 2.44. The van der Waals surface area contributed by atoms with Gasteiger partial charge in [0, 0.05) is 30.7 Å². The molecule has 2 heterocycles. The molecule has 16 heavy (non-hydrogen) atoms. The van der Waals surface area contributed by atoms with Gasteiger partial charge in [-0.1, -0.05) is 0 Å². The molecule has 2 aromatic heterocycles. The SMILES string of the molecule is Cn1ncc2c1CCCC2Nn1cccc1. The standard InChI is InChI=1S/C12H16N4/c1-15-12-6-4-5-11(10(12)9-13-15)14-16-7-2-3-8-16/h2-3,7-9,11,14H,4-6H2,1H3. The minimum Gasteiger partial charge on any atom is -0.319 e. The van der Waals surface area contributed by atoms with Gasteiger partial charge in [-0.2, -0.15) is 5.10 Å². The summed E-state index contributed by atoms with van der Waals surface area (Å²) >= 11 is 0. The van der Waals surface area contributed by atoms with Crippen LogP contribution in [-0.4, -0.2) is 14.5 Å². The van der Waals surface area contributed by atoms with Crippen molar-refractivity contribution in [2.75, 3.05) is 5.43 Å². The number of aromatic nitrogens is 3. The molecule has 0 aliphatic heterocycles. The Morgan fingerprint density at radius 1 is 1.38 bits per heavy atom. The predicted molar refractivity (Wildman–Crippen MR) is 62.7 cm³/mol. The maximum Gasteiger partial charge on any atom is 0.0707 e. The molecule has 0 saturated heterocycles. The zero-order valence-electron chi connectivity index (χ0n) is 9.43. The number of hydrogen-bond donors (Lipinski definition) is 1. The molecular weight excluding hydrogens is 200 g/mol. The van der Waals surface area contributed by atoms with Crippen molar-refractivity contribution in [3.05, 3.63) is 42.0 Å². The molecule has 1 unspecified atom stereocenters. The zero-order valence-corrected chi connectivity index (χ0v) is 9.43. The normalized spacial score (nSPS) is 19.4. The number of fused-ring (bicyclic) bond motifs is 1. The van der Waals surface area contributed by atoms with Crippen LogP contribution in [-0.2, 0) is 13.5 Å². The van der Waals surface area contributed by atoms with E-state index < -0.39 is 0 Å². The average molecular weight is 216 g/mol. The van der Waals surface area contributed by atoms with E-state index in [1.54, 1.807) is 0 Å². The first-order chi connectivity index (χ1) is 7.84. The molecule has 1 N–H and O–H groups in total. The van der Waals surface area contributed by atoms with Gasteiger partial charge >= 0.3 is 0 Å². The second-order valence-electron chi connectivity index (χ2n) is 4.33. The Bertz CT molecular complexity index is 469. The lowest BCUT2D eigenvalue weighted by molar-refractivity contribution is 0.538. The van der Waals surface area contributed by atoms with Gasteiger partial charge in [-0.3, -0.25) is 9.36 Å². The van der Waals surface area contributed by atoms with E-state index in [-0.39, 0.29) is 0 Å². The lowest BCUT2D eigenvalue weighted by atomic mass is 9.93. The summed E-state index contributed by atoms with van der Waals surface area (Å²) in [6.07, 6.45) is 9.61. The average Bonchev–Trinajstić information content (AvgIpc) is 2.90. The van der Waals surface area contributed by atoms with E-state index >= 15 is 0 Å². The highest BCUT2D eigenvalue weighted by Gasteiger charge is 2.23. The highest BCUT2D eigenvalue weighted by Crippen LogP contribution is 2.29. The van der Waals surface area contributed by atoms with E-state index in [2.05, 4.69) is 10.5 Å². The van der Waals surface area contributed by atoms with E-state index in [1.165, 1.54) is 24.1 Å². The molecule has 0 radical (unpaired) electrons. The van der Waals surface area contributed by atoms with Crippen LogP contribution in [0.15, 0.2) is 30.7 Å². The second-order valence-corrected chi connectivity index (χ2v) is 4.33. The van der Waals surface area contributed by atoms with Gasteiger partial charge in [0.2, 0.25) is 0 Å². The number of aryl methyl sites for hydroxylation is 1. The van der Waals surface area contributed by atoms with E-state index in [0.29, 0.717) is 6.04 Å². The second kappa shape index (κ2) is 3.70. The van der Waals surface area contributed by atoms with Crippen LogP contribution in [0.3, 0.4) is 0 Å². The Labute approximate surface area is 94.9 Å². The molecule has 84 valence electrons. The molecule has 0 fully saturated rings. The van der Waals surface area contributed by atoms with Gasteiger partial charge < -0.3 is 5.43 Å². The quantitative estimate of drug-likeness (QED) is 0.831. The fourth-order valence-electron chi connectivity index (χ4n) is 2.44. The van der Waals surface area contributed by atoms with Gasteiger partial charge in [-0.05, 0) is 31.4 Å². The Kier molecular flexibility index (Phi) is 2.20. The zero-order chi connectivity index (χ0) is 11.0. The Morgan fingerprint density at radius 3 is 3.00 bits per heavy atom. The van der Waals surface area contributed by atoms with Gasteiger partial charge in [-0.15, -0.1) is 0 Å². The van der Waals surface area contributed by atoms with Gasteiger partial charge in [-0.25, -0.2) is 0 Å². The first-order valence-electron chi connectivity index (χ1n) is 5.75. The summed E-state index contributed by atoms with van der Waals surface area (Å²) in [5, 5.41) is 4.35. The number of nitrogens with one attached hydrogen (secondary N) is 1. The lowest BCUT2D eigenvalue weighted by Crippen LogP contribution is -2.23. The molecule has 2 aromatic rings. The molecule has 0 amide bonds. The van der Waals surface area contributed by atoms with Gasteiger partial charge in [0.15, 0.2) is 0 Å². The monoisotopic (exact) mass is 216 g/mol. The summed E-state index contributed by atoms with van der Waals surface area (Å²) < 4.78 is 4.02. The van der Waals surface area contributed by atoms with Crippen LogP contribution in [0.5, 0.6) is 0 Å². The largest absolute Gasteiger partial charge is 0.319 e. The number of nitrogens with zero attached hydrogens (tertiary/aromatic N) is 3. The highest BCUT2D eigenvalue weighted by molar-refractivity contribution is 5.26. The molecule has 3 rings (SSSR count). The van der Waals surface area contributed by atoms with Crippen molar-refractivity contribution in [1.82, 2.24) is 14.5 Å². The van der Waals surface area contributed by atoms with Gasteiger partial charge in [0.1, 0.15) is 0 Å². The first-order valence-corrected chi connectivity index (χ1v) is 5.75. The molecule has 1 aliphatic rings. The number of hydrogen-bond acceptors (Lipinski definition) is 2. The molecule has 4 nitrogen and oxygen atoms in total. The maximum absolute atomic E-state index is 4.35. The van der Waals surface area contributed by atoms with Crippen molar-refractivity contribution in [3.8, 4) is 0 Å². The highest BCUT2D eigenvalue weighted by atomic mass is 15.4. The van der Waals surface area contributed by atoms with E-state index in [1.807, 2.05) is 47.1 Å². The Hall–Kier alpha value is -1.71. The molecule has 1 aliphatic carbocycles. The third-order valence-corrected chi connectivity index (χ3v) is 3.29. The summed E-state index contributed by atoms with van der Waals surface area (Å²) in [4.78, 5) is 0. The molecular formula is C12H16N4. The number of rotatable bonds is 2. The molecule has 4 heteroatoms. The van der Waals surface area contributed by atoms with Crippen molar-refractivity contribution in [2.24, 2.45) is 7.05 Å². The predicted octanol–water partition coefficient (Wildman–Crippen LogP) is 1.84. The lowest BCUT2D eigenvalue weighted by Gasteiger charge is -2.25. The molecule has 0 bridgehead atoms. The van der Waals surface area contributed by atoms with E-state index in [9.17, 15) is 0 Å². The van der Waals surface area contributed by atoms with E-state index in [0.717, 1.165) is 6.42 Å². The van der Waals surface area contributed by atoms with Crippen molar-refractivity contribution in [3.63, 3.8) is 0 Å². The van der Waals surface area contributed by atoms with E-state index in [4.69, 9.17) is 0 Å². The summed E-state index contributed by atoms with van der Waals surface area (Å²) in [5.74, 6) is 0. The smallest absolute Gasteiger partial charge is 0.0707 e. The minimum atomic E-state index is 0.393. The van der Waals surface area contributed by atoms with Crippen LogP contribution in [0.4, 0.5) is 0 Å². The molecule has 0 spiro atoms. The van der Waals surface area contributed by atoms with Crippen LogP contribution in [0, 0.1) is 0 Å². The van der Waals surface area contributed by atoms with Crippen molar-refractivity contribution >= 4 is 0 Å². The maximum atomic E-state index is 4.35. The molecule has 0 saturated carbocycles. The van der Waals surface area contributed by atoms with Crippen LogP contribution >= 0.6 is 0 Å². The van der Waals surface area contributed by atoms with Crippen molar-refractivity contribution < 1.29 is 0 Å². The van der Waals surface area contributed by atoms with Crippen molar-refractivity contribution in [1.29, 1.82) is 0 Å². The third kappa shape index (κ3) is 1.50. The van der Waals surface area contributed by atoms with Crippen LogP contribution in [0.1, 0.15) is 30.1 Å².